The molecule has 1 aromatic heterocycles. The summed E-state index contributed by atoms with van der Waals surface area (Å²) >= 11 is 1.23. The van der Waals surface area contributed by atoms with E-state index in [0.717, 1.165) is 15.9 Å². The lowest BCUT2D eigenvalue weighted by Crippen LogP contribution is -2.32. The van der Waals surface area contributed by atoms with E-state index in [9.17, 15) is 10.0 Å². The van der Waals surface area contributed by atoms with Gasteiger partial charge in [-0.25, -0.2) is 0 Å². The number of nitrogens with one attached hydrogen (secondary N) is 1. The molecule has 0 unspecified atom stereocenters. The number of pyridine rings is 1. The Kier molecular flexibility index (Phi) is 5.69. The van der Waals surface area contributed by atoms with Crippen LogP contribution in [0, 0.1) is 5.21 Å². The second-order valence-corrected chi connectivity index (χ2v) is 6.47. The van der Waals surface area contributed by atoms with E-state index in [1.54, 1.807) is 18.2 Å². The number of benzene rings is 2. The number of nitrogens with zero attached hydrogens (tertiary/aromatic N) is 1. The van der Waals surface area contributed by atoms with Gasteiger partial charge in [0.1, 0.15) is 0 Å². The van der Waals surface area contributed by atoms with Crippen molar-refractivity contribution in [3.8, 4) is 0 Å². The number of carbonyl (C=O) groups is 1. The number of rotatable bonds is 6. The zero-order chi connectivity index (χ0) is 17.5. The van der Waals surface area contributed by atoms with Crippen LogP contribution < -0.4 is 10.0 Å². The van der Waals surface area contributed by atoms with Crippen molar-refractivity contribution in [1.82, 2.24) is 5.32 Å². The maximum Gasteiger partial charge on any atom is 0.251 e. The van der Waals surface area contributed by atoms with Crippen molar-refractivity contribution in [2.75, 3.05) is 5.75 Å². The Morgan fingerprint density at radius 1 is 0.920 bits per heavy atom. The fourth-order valence-electron chi connectivity index (χ4n) is 2.52. The molecule has 0 saturated carbocycles. The number of hydrogen-bond donors (Lipinski definition) is 1. The van der Waals surface area contributed by atoms with E-state index in [-0.39, 0.29) is 17.7 Å². The molecule has 1 amide bonds. The van der Waals surface area contributed by atoms with Crippen molar-refractivity contribution in [3.63, 3.8) is 0 Å². The molecule has 126 valence electrons. The summed E-state index contributed by atoms with van der Waals surface area (Å²) in [5.74, 6) is 0.0640. The summed E-state index contributed by atoms with van der Waals surface area (Å²) in [5.41, 5.74) is 2.04. The maximum absolute atomic E-state index is 12.4. The van der Waals surface area contributed by atoms with Gasteiger partial charge in [0.25, 0.3) is 5.03 Å². The van der Waals surface area contributed by atoms with Gasteiger partial charge in [0, 0.05) is 12.1 Å². The maximum atomic E-state index is 12.4. The van der Waals surface area contributed by atoms with Crippen LogP contribution in [0.1, 0.15) is 17.2 Å². The van der Waals surface area contributed by atoms with Crippen molar-refractivity contribution < 1.29 is 9.52 Å². The van der Waals surface area contributed by atoms with Crippen molar-refractivity contribution in [2.45, 2.75) is 11.1 Å². The highest BCUT2D eigenvalue weighted by Crippen LogP contribution is 2.22. The summed E-state index contributed by atoms with van der Waals surface area (Å²) in [4.78, 5) is 12.4. The lowest BCUT2D eigenvalue weighted by atomic mass is 9.99. The summed E-state index contributed by atoms with van der Waals surface area (Å²) < 4.78 is 0.768. The van der Waals surface area contributed by atoms with Gasteiger partial charge in [0.15, 0.2) is 6.20 Å². The van der Waals surface area contributed by atoms with E-state index in [0.29, 0.717) is 5.03 Å². The predicted molar refractivity (Wildman–Crippen MR) is 99.0 cm³/mol. The molecule has 0 spiro atoms. The molecule has 3 rings (SSSR count). The first-order chi connectivity index (χ1) is 12.2. The molecule has 1 heterocycles. The minimum atomic E-state index is -0.217. The molecule has 0 saturated heterocycles. The highest BCUT2D eigenvalue weighted by Gasteiger charge is 2.17. The molecule has 0 fully saturated rings. The van der Waals surface area contributed by atoms with Gasteiger partial charge >= 0.3 is 0 Å². The van der Waals surface area contributed by atoms with Crippen molar-refractivity contribution in [2.24, 2.45) is 0 Å². The minimum absolute atomic E-state index is 0.119. The van der Waals surface area contributed by atoms with Crippen molar-refractivity contribution >= 4 is 17.7 Å². The van der Waals surface area contributed by atoms with Crippen LogP contribution >= 0.6 is 11.8 Å². The van der Waals surface area contributed by atoms with Crippen LogP contribution in [0.3, 0.4) is 0 Å². The number of amides is 1. The van der Waals surface area contributed by atoms with Gasteiger partial charge in [0.2, 0.25) is 5.91 Å². The summed E-state index contributed by atoms with van der Waals surface area (Å²) in [6, 6.07) is 24.6. The smallest absolute Gasteiger partial charge is 0.251 e. The zero-order valence-electron chi connectivity index (χ0n) is 13.5. The normalized spacial score (nSPS) is 10.6. The highest BCUT2D eigenvalue weighted by atomic mass is 32.2. The van der Waals surface area contributed by atoms with Crippen molar-refractivity contribution in [1.29, 1.82) is 0 Å². The Bertz CT molecular complexity index is 786. The third-order valence-corrected chi connectivity index (χ3v) is 4.73. The molecule has 1 N–H and O–H groups in total. The standard InChI is InChI=1S/C20H18N2O2S/c23-18(15-25-19-13-7-8-14-22(19)24)21-20(16-9-3-1-4-10-16)17-11-5-2-6-12-17/h1-14,20H,15H2,(H,21,23). The molecular formula is C20H18N2O2S. The monoisotopic (exact) mass is 350 g/mol. The van der Waals surface area contributed by atoms with Gasteiger partial charge in [-0.3, -0.25) is 4.79 Å². The Hall–Kier alpha value is -2.79. The topological polar surface area (TPSA) is 56.0 Å². The van der Waals surface area contributed by atoms with Crippen LogP contribution in [0.5, 0.6) is 0 Å². The fourth-order valence-corrected chi connectivity index (χ4v) is 3.24. The second-order valence-electron chi connectivity index (χ2n) is 5.48. The van der Waals surface area contributed by atoms with E-state index in [2.05, 4.69) is 5.32 Å². The van der Waals surface area contributed by atoms with Crippen LogP contribution in [0.4, 0.5) is 0 Å². The lowest BCUT2D eigenvalue weighted by Gasteiger charge is -2.19. The van der Waals surface area contributed by atoms with Crippen LogP contribution in [-0.4, -0.2) is 11.7 Å². The van der Waals surface area contributed by atoms with Gasteiger partial charge in [-0.15, -0.1) is 0 Å². The largest absolute Gasteiger partial charge is 0.618 e. The van der Waals surface area contributed by atoms with E-state index in [1.165, 1.54) is 18.0 Å². The Morgan fingerprint density at radius 3 is 2.04 bits per heavy atom. The Labute approximate surface area is 151 Å². The van der Waals surface area contributed by atoms with E-state index in [4.69, 9.17) is 0 Å². The predicted octanol–water partition coefficient (Wildman–Crippen LogP) is 3.32. The third-order valence-electron chi connectivity index (χ3n) is 3.71. The van der Waals surface area contributed by atoms with E-state index in [1.807, 2.05) is 60.7 Å². The van der Waals surface area contributed by atoms with Gasteiger partial charge in [-0.05, 0) is 29.0 Å². The molecule has 0 aliphatic heterocycles. The molecular weight excluding hydrogens is 332 g/mol. The number of hydrogen-bond acceptors (Lipinski definition) is 3. The SMILES string of the molecule is O=C(CSc1cccc[n+]1[O-])NC(c1ccccc1)c1ccccc1. The summed E-state index contributed by atoms with van der Waals surface area (Å²) in [6.45, 7) is 0. The first-order valence-electron chi connectivity index (χ1n) is 7.94. The lowest BCUT2D eigenvalue weighted by molar-refractivity contribution is -0.645. The Balaban J connectivity index is 1.72. The molecule has 0 radical (unpaired) electrons. The summed E-state index contributed by atoms with van der Waals surface area (Å²) in [7, 11) is 0. The molecule has 5 heteroatoms. The highest BCUT2D eigenvalue weighted by molar-refractivity contribution is 7.99. The van der Waals surface area contributed by atoms with E-state index < -0.39 is 0 Å². The van der Waals surface area contributed by atoms with E-state index >= 15 is 0 Å². The minimum Gasteiger partial charge on any atom is -0.618 e. The first-order valence-corrected chi connectivity index (χ1v) is 8.93. The molecule has 3 aromatic rings. The molecule has 25 heavy (non-hydrogen) atoms. The second kappa shape index (κ2) is 8.35. The van der Waals surface area contributed by atoms with Crippen LogP contribution in [0.25, 0.3) is 0 Å². The first kappa shape index (κ1) is 17.0. The van der Waals surface area contributed by atoms with Gasteiger partial charge in [-0.1, -0.05) is 60.7 Å². The molecule has 0 atom stereocenters. The number of carbonyl (C=O) groups excluding carboxylic acids is 1. The molecule has 0 aliphatic rings. The number of aromatic nitrogens is 1. The van der Waals surface area contributed by atoms with Crippen LogP contribution in [-0.2, 0) is 4.79 Å². The average molecular weight is 350 g/mol. The third kappa shape index (κ3) is 4.61. The van der Waals surface area contributed by atoms with Crippen LogP contribution in [0.2, 0.25) is 0 Å². The zero-order valence-corrected chi connectivity index (χ0v) is 14.4. The molecule has 0 aliphatic carbocycles. The van der Waals surface area contributed by atoms with Gasteiger partial charge < -0.3 is 10.5 Å². The quantitative estimate of drug-likeness (QED) is 0.421. The van der Waals surface area contributed by atoms with Gasteiger partial charge in [-0.2, -0.15) is 4.73 Å². The Morgan fingerprint density at radius 2 is 1.48 bits per heavy atom. The molecule has 2 aromatic carbocycles. The van der Waals surface area contributed by atoms with Crippen LogP contribution in [0.15, 0.2) is 90.1 Å². The molecule has 0 bridgehead atoms. The van der Waals surface area contributed by atoms with Gasteiger partial charge in [0.05, 0.1) is 11.8 Å². The number of thioether (sulfide) groups is 1. The van der Waals surface area contributed by atoms with Crippen molar-refractivity contribution in [3.05, 3.63) is 101 Å². The average Bonchev–Trinajstić information content (AvgIpc) is 2.67. The summed E-state index contributed by atoms with van der Waals surface area (Å²) in [6.07, 6.45) is 1.43. The fraction of sp³-hybridized carbons (Fsp3) is 0.100. The molecule has 4 nitrogen and oxygen atoms in total. The summed E-state index contributed by atoms with van der Waals surface area (Å²) in [5, 5.41) is 15.2.